The maximum atomic E-state index is 9.67. The molecule has 0 unspecified atom stereocenters. The Morgan fingerprint density at radius 1 is 0.714 bits per heavy atom. The topological polar surface area (TPSA) is 20.2 Å². The molecule has 0 saturated carbocycles. The number of aliphatic hydroxyl groups excluding tert-OH is 1. The first-order valence-electron chi connectivity index (χ1n) is 12.0. The van der Waals surface area contributed by atoms with Gasteiger partial charge in [0.15, 0.2) is 0 Å². The summed E-state index contributed by atoms with van der Waals surface area (Å²) in [5.74, 6) is 0. The molecule has 2 aliphatic rings. The molecule has 0 bridgehead atoms. The van der Waals surface area contributed by atoms with E-state index in [2.05, 4.69) is 91.9 Å². The third-order valence-electron chi connectivity index (χ3n) is 7.66. The van der Waals surface area contributed by atoms with Crippen molar-refractivity contribution in [2.75, 3.05) is 0 Å². The standard InChI is InChI=1S/C31H27O.2ClH.Zr/c1-31(17-8-18-32,29-15-6-13-25-23-11-4-2-9-21(23)19-27(25)29)30-16-7-14-26-24-12-5-3-10-22(24)20-28(26)30;;;/h2-7,9-16,18,32H,8,17,19-20H2,1H3;2*1H;/q-1;;;+2/p-2. The summed E-state index contributed by atoms with van der Waals surface area (Å²) in [6.07, 6.45) is 3.51. The number of hydrogen-bond donors (Lipinski definition) is 1. The van der Waals surface area contributed by atoms with E-state index in [9.17, 15) is 5.11 Å². The molecule has 4 aromatic rings. The molecule has 0 amide bonds. The van der Waals surface area contributed by atoms with Crippen LogP contribution in [0.1, 0.15) is 53.1 Å². The van der Waals surface area contributed by atoms with Crippen LogP contribution >= 0.6 is 17.0 Å². The van der Waals surface area contributed by atoms with Gasteiger partial charge < -0.3 is 5.11 Å². The predicted octanol–water partition coefficient (Wildman–Crippen LogP) is 8.83. The van der Waals surface area contributed by atoms with Gasteiger partial charge in [0.05, 0.1) is 0 Å². The summed E-state index contributed by atoms with van der Waals surface area (Å²) in [5.41, 5.74) is 13.8. The van der Waals surface area contributed by atoms with Gasteiger partial charge in [-0.2, -0.15) is 6.42 Å². The van der Waals surface area contributed by atoms with Crippen LogP contribution in [0.5, 0.6) is 0 Å². The van der Waals surface area contributed by atoms with Crippen molar-refractivity contribution < 1.29 is 26.0 Å². The predicted molar refractivity (Wildman–Crippen MR) is 143 cm³/mol. The number of hydrogen-bond acceptors (Lipinski definition) is 1. The van der Waals surface area contributed by atoms with E-state index in [4.69, 9.17) is 17.0 Å². The van der Waals surface area contributed by atoms with Crippen LogP contribution in [0.15, 0.2) is 84.9 Å². The van der Waals surface area contributed by atoms with E-state index in [0.717, 1.165) is 19.3 Å². The van der Waals surface area contributed by atoms with Gasteiger partial charge in [0.25, 0.3) is 0 Å². The molecule has 6 rings (SSSR count). The Morgan fingerprint density at radius 2 is 1.14 bits per heavy atom. The molecule has 0 fully saturated rings. The molecule has 4 aromatic carbocycles. The van der Waals surface area contributed by atoms with Gasteiger partial charge in [-0.25, -0.2) is 6.61 Å². The second kappa shape index (κ2) is 10.7. The van der Waals surface area contributed by atoms with Crippen LogP contribution in [0.4, 0.5) is 0 Å². The van der Waals surface area contributed by atoms with Gasteiger partial charge in [-0.1, -0.05) is 98.3 Å². The number of rotatable bonds is 5. The molecule has 1 N–H and O–H groups in total. The Balaban J connectivity index is 0.000000806. The maximum absolute atomic E-state index is 9.67. The summed E-state index contributed by atoms with van der Waals surface area (Å²) >= 11 is -0.826. The van der Waals surface area contributed by atoms with Gasteiger partial charge in [-0.15, -0.1) is 0 Å². The molecule has 0 radical (unpaired) electrons. The van der Waals surface area contributed by atoms with Crippen LogP contribution in [0, 0.1) is 6.61 Å². The van der Waals surface area contributed by atoms with Crippen LogP contribution in [0.3, 0.4) is 0 Å². The van der Waals surface area contributed by atoms with E-state index in [1.165, 1.54) is 62.2 Å². The zero-order chi connectivity index (χ0) is 24.4. The average molecular weight is 578 g/mol. The summed E-state index contributed by atoms with van der Waals surface area (Å²) < 4.78 is 0. The van der Waals surface area contributed by atoms with Crippen molar-refractivity contribution >= 4 is 17.0 Å². The monoisotopic (exact) mass is 575 g/mol. The van der Waals surface area contributed by atoms with Crippen LogP contribution in [-0.2, 0) is 39.1 Å². The second-order valence-electron chi connectivity index (χ2n) is 9.46. The second-order valence-corrected chi connectivity index (χ2v) is 13.2. The molecule has 0 spiro atoms. The zero-order valence-electron chi connectivity index (χ0n) is 19.7. The summed E-state index contributed by atoms with van der Waals surface area (Å²) in [7, 11) is 9.87. The number of aliphatic hydroxyl groups is 1. The third kappa shape index (κ3) is 4.49. The Hall–Kier alpha value is -1.70. The normalized spacial score (nSPS) is 12.7. The van der Waals surface area contributed by atoms with Crippen molar-refractivity contribution in [3.05, 3.63) is 125 Å². The Bertz CT molecular complexity index is 1270. The molecule has 0 atom stereocenters. The molecular weight excluding hydrogens is 550 g/mol. The number of fused-ring (bicyclic) bond motifs is 6. The molecular formula is C31H27Cl2OZr-. The number of benzene rings is 4. The first-order chi connectivity index (χ1) is 17.1. The molecule has 4 heteroatoms. The van der Waals surface area contributed by atoms with Crippen molar-refractivity contribution in [2.45, 2.75) is 38.0 Å². The molecule has 0 aromatic heterocycles. The van der Waals surface area contributed by atoms with Crippen LogP contribution in [0.25, 0.3) is 22.3 Å². The van der Waals surface area contributed by atoms with E-state index in [1.54, 1.807) is 0 Å². The average Bonchev–Trinajstić information content (AvgIpc) is 3.46. The van der Waals surface area contributed by atoms with E-state index >= 15 is 0 Å². The van der Waals surface area contributed by atoms with E-state index in [1.807, 2.05) is 0 Å². The van der Waals surface area contributed by atoms with Crippen molar-refractivity contribution in [1.29, 1.82) is 0 Å². The SMILES string of the molecule is CC(CC[CH-]O)(c1cccc2c1Cc1ccccc1-2)c1cccc2c1Cc1ccccc1-2.[Cl][Zr][Cl]. The fraction of sp³-hybridized carbons (Fsp3) is 0.194. The summed E-state index contributed by atoms with van der Waals surface area (Å²) in [4.78, 5) is 0. The first-order valence-corrected chi connectivity index (χ1v) is 18.3. The van der Waals surface area contributed by atoms with Crippen LogP contribution < -0.4 is 0 Å². The quantitative estimate of drug-likeness (QED) is 0.203. The molecule has 35 heavy (non-hydrogen) atoms. The van der Waals surface area contributed by atoms with Gasteiger partial charge in [-0.05, 0) is 68.5 Å². The van der Waals surface area contributed by atoms with Gasteiger partial charge in [0.1, 0.15) is 0 Å². The van der Waals surface area contributed by atoms with Gasteiger partial charge in [-0.3, -0.25) is 0 Å². The minimum atomic E-state index is -0.826. The molecule has 0 aliphatic heterocycles. The fourth-order valence-electron chi connectivity index (χ4n) is 6.12. The fourth-order valence-corrected chi connectivity index (χ4v) is 6.12. The van der Waals surface area contributed by atoms with Gasteiger partial charge in [0, 0.05) is 5.41 Å². The Kier molecular flexibility index (Phi) is 7.66. The van der Waals surface area contributed by atoms with Crippen molar-refractivity contribution in [3.8, 4) is 22.3 Å². The molecule has 176 valence electrons. The van der Waals surface area contributed by atoms with Gasteiger partial charge >= 0.3 is 37.9 Å². The minimum absolute atomic E-state index is 0.181. The molecule has 1 nitrogen and oxygen atoms in total. The van der Waals surface area contributed by atoms with Crippen molar-refractivity contribution in [3.63, 3.8) is 0 Å². The molecule has 2 aliphatic carbocycles. The summed E-state index contributed by atoms with van der Waals surface area (Å²) in [6.45, 7) is 3.71. The zero-order valence-corrected chi connectivity index (χ0v) is 23.7. The van der Waals surface area contributed by atoms with Crippen LogP contribution in [0.2, 0.25) is 0 Å². The van der Waals surface area contributed by atoms with Gasteiger partial charge in [0.2, 0.25) is 0 Å². The summed E-state index contributed by atoms with van der Waals surface area (Å²) in [6, 6.07) is 31.2. The molecule has 0 saturated heterocycles. The third-order valence-corrected chi connectivity index (χ3v) is 7.66. The summed E-state index contributed by atoms with van der Waals surface area (Å²) in [5, 5.41) is 9.67. The first kappa shape index (κ1) is 25.0. The number of halogens is 2. The van der Waals surface area contributed by atoms with E-state index in [0.29, 0.717) is 6.42 Å². The van der Waals surface area contributed by atoms with Crippen molar-refractivity contribution in [1.82, 2.24) is 0 Å². The Labute approximate surface area is 226 Å². The van der Waals surface area contributed by atoms with Crippen LogP contribution in [-0.4, -0.2) is 5.11 Å². The molecule has 0 heterocycles. The van der Waals surface area contributed by atoms with E-state index in [-0.39, 0.29) is 5.41 Å². The van der Waals surface area contributed by atoms with Crippen molar-refractivity contribution in [2.24, 2.45) is 0 Å². The Morgan fingerprint density at radius 3 is 1.60 bits per heavy atom. The van der Waals surface area contributed by atoms with E-state index < -0.39 is 20.8 Å².